The maximum atomic E-state index is 12.6. The average molecular weight is 435 g/mol. The average Bonchev–Trinajstić information content (AvgIpc) is 3.04. The minimum atomic E-state index is -3.67. The highest BCUT2D eigenvalue weighted by atomic mass is 32.2. The molecule has 1 fully saturated rings. The highest BCUT2D eigenvalue weighted by molar-refractivity contribution is 7.91. The molecule has 0 spiro atoms. The molecule has 0 radical (unpaired) electrons. The summed E-state index contributed by atoms with van der Waals surface area (Å²) >= 11 is 0. The van der Waals surface area contributed by atoms with Gasteiger partial charge >= 0.3 is 0 Å². The third-order valence-corrected chi connectivity index (χ3v) is 7.41. The van der Waals surface area contributed by atoms with Crippen molar-refractivity contribution in [1.82, 2.24) is 10.3 Å². The van der Waals surface area contributed by atoms with Gasteiger partial charge in [0.05, 0.1) is 18.6 Å². The van der Waals surface area contributed by atoms with Gasteiger partial charge in [0.2, 0.25) is 11.8 Å². The largest absolute Gasteiger partial charge is 0.497 e. The highest BCUT2D eigenvalue weighted by Gasteiger charge is 2.30. The van der Waals surface area contributed by atoms with Crippen molar-refractivity contribution in [2.24, 2.45) is 11.8 Å². The van der Waals surface area contributed by atoms with E-state index < -0.39 is 21.5 Å². The van der Waals surface area contributed by atoms with Gasteiger partial charge in [-0.3, -0.25) is 4.79 Å². The zero-order valence-corrected chi connectivity index (χ0v) is 18.8. The van der Waals surface area contributed by atoms with E-state index in [1.54, 1.807) is 38.3 Å². The van der Waals surface area contributed by atoms with Gasteiger partial charge in [-0.2, -0.15) is 0 Å². The van der Waals surface area contributed by atoms with Crippen molar-refractivity contribution in [3.05, 3.63) is 35.7 Å². The van der Waals surface area contributed by atoms with Gasteiger partial charge < -0.3 is 14.5 Å². The number of nitrogens with zero attached hydrogens (tertiary/aromatic N) is 1. The molecule has 1 aromatic heterocycles. The van der Waals surface area contributed by atoms with Crippen LogP contribution in [0.25, 0.3) is 11.5 Å². The first-order valence-electron chi connectivity index (χ1n) is 10.3. The monoisotopic (exact) mass is 434 g/mol. The van der Waals surface area contributed by atoms with Crippen LogP contribution in [0.2, 0.25) is 0 Å². The smallest absolute Gasteiger partial charge is 0.235 e. The Bertz CT molecular complexity index is 981. The van der Waals surface area contributed by atoms with Crippen molar-refractivity contribution in [3.63, 3.8) is 0 Å². The number of aromatic nitrogens is 1. The predicted molar refractivity (Wildman–Crippen MR) is 115 cm³/mol. The van der Waals surface area contributed by atoms with E-state index in [0.717, 1.165) is 24.8 Å². The second-order valence-corrected chi connectivity index (χ2v) is 10.3. The number of nitrogens with one attached hydrogen (secondary N) is 1. The zero-order valence-electron chi connectivity index (χ0n) is 18.0. The van der Waals surface area contributed by atoms with Crippen molar-refractivity contribution < 1.29 is 22.4 Å². The van der Waals surface area contributed by atoms with E-state index in [4.69, 9.17) is 9.15 Å². The quantitative estimate of drug-likeness (QED) is 0.716. The standard InChI is InChI=1S/C22H30N2O5S/c1-14-6-5-7-19(15(14)2)23-21(25)13-30(26,27)12-20-16(3)29-22(24-20)17-8-10-18(28-4)11-9-17/h8-11,14-15,19H,5-7,12-13H2,1-4H3,(H,23,25)/t14-,15-,19+/m0/s1. The molecule has 164 valence electrons. The Morgan fingerprint density at radius 3 is 2.60 bits per heavy atom. The van der Waals surface area contributed by atoms with E-state index in [0.29, 0.717) is 34.9 Å². The van der Waals surface area contributed by atoms with E-state index in [1.807, 2.05) is 0 Å². The Morgan fingerprint density at radius 2 is 1.93 bits per heavy atom. The number of carbonyl (C=O) groups is 1. The first-order chi connectivity index (χ1) is 14.2. The van der Waals surface area contributed by atoms with Crippen molar-refractivity contribution in [1.29, 1.82) is 0 Å². The third kappa shape index (κ3) is 5.41. The summed E-state index contributed by atoms with van der Waals surface area (Å²) in [5, 5.41) is 2.92. The molecule has 1 N–H and O–H groups in total. The maximum absolute atomic E-state index is 12.6. The Balaban J connectivity index is 1.64. The number of benzene rings is 1. The molecule has 7 nitrogen and oxygen atoms in total. The van der Waals surface area contributed by atoms with Crippen molar-refractivity contribution in [2.75, 3.05) is 12.9 Å². The number of aryl methyl sites for hydroxylation is 1. The van der Waals surface area contributed by atoms with Gasteiger partial charge in [-0.1, -0.05) is 26.7 Å². The molecule has 0 unspecified atom stereocenters. The fourth-order valence-electron chi connectivity index (χ4n) is 3.91. The molecule has 1 saturated carbocycles. The summed E-state index contributed by atoms with van der Waals surface area (Å²) in [5.41, 5.74) is 1.05. The summed E-state index contributed by atoms with van der Waals surface area (Å²) in [6.07, 6.45) is 3.09. The molecule has 1 heterocycles. The second-order valence-electron chi connectivity index (χ2n) is 8.22. The van der Waals surface area contributed by atoms with Crippen LogP contribution < -0.4 is 10.1 Å². The van der Waals surface area contributed by atoms with Gasteiger partial charge in [0.25, 0.3) is 0 Å². The van der Waals surface area contributed by atoms with E-state index in [-0.39, 0.29) is 11.8 Å². The highest BCUT2D eigenvalue weighted by Crippen LogP contribution is 2.29. The SMILES string of the molecule is COc1ccc(-c2nc(CS(=O)(=O)CC(=O)N[C@@H]3CCC[C@H](C)[C@@H]3C)c(C)o2)cc1. The lowest BCUT2D eigenvalue weighted by molar-refractivity contribution is -0.120. The lowest BCUT2D eigenvalue weighted by Crippen LogP contribution is -2.45. The fourth-order valence-corrected chi connectivity index (χ4v) is 5.18. The van der Waals surface area contributed by atoms with Gasteiger partial charge in [-0.15, -0.1) is 0 Å². The van der Waals surface area contributed by atoms with Crippen LogP contribution in [-0.2, 0) is 20.4 Å². The Labute approximate surface area is 178 Å². The van der Waals surface area contributed by atoms with Crippen LogP contribution in [0, 0.1) is 18.8 Å². The Kier molecular flexibility index (Phi) is 6.85. The number of hydrogen-bond donors (Lipinski definition) is 1. The summed E-state index contributed by atoms with van der Waals surface area (Å²) in [5.74, 6) is 1.02. The molecule has 2 aromatic rings. The summed E-state index contributed by atoms with van der Waals surface area (Å²) in [6.45, 7) is 5.96. The number of methoxy groups -OCH3 is 1. The second kappa shape index (κ2) is 9.20. The van der Waals surface area contributed by atoms with E-state index in [2.05, 4.69) is 24.1 Å². The van der Waals surface area contributed by atoms with Crippen LogP contribution in [0.15, 0.2) is 28.7 Å². The molecule has 3 atom stereocenters. The number of oxazole rings is 1. The minimum absolute atomic E-state index is 0.0342. The molecule has 0 saturated heterocycles. The maximum Gasteiger partial charge on any atom is 0.235 e. The minimum Gasteiger partial charge on any atom is -0.497 e. The number of amides is 1. The number of carbonyl (C=O) groups excluding carboxylic acids is 1. The lowest BCUT2D eigenvalue weighted by atomic mass is 9.78. The lowest BCUT2D eigenvalue weighted by Gasteiger charge is -2.34. The van der Waals surface area contributed by atoms with Gasteiger partial charge in [0.15, 0.2) is 9.84 Å². The molecule has 30 heavy (non-hydrogen) atoms. The van der Waals surface area contributed by atoms with Gasteiger partial charge in [0.1, 0.15) is 17.3 Å². The van der Waals surface area contributed by atoms with Crippen LogP contribution in [0.5, 0.6) is 5.75 Å². The topological polar surface area (TPSA) is 98.5 Å². The van der Waals surface area contributed by atoms with Crippen LogP contribution in [-0.4, -0.2) is 38.2 Å². The first kappa shape index (κ1) is 22.3. The first-order valence-corrected chi connectivity index (χ1v) is 12.1. The summed E-state index contributed by atoms with van der Waals surface area (Å²) in [4.78, 5) is 16.7. The van der Waals surface area contributed by atoms with Crippen LogP contribution >= 0.6 is 0 Å². The van der Waals surface area contributed by atoms with E-state index in [9.17, 15) is 13.2 Å². The van der Waals surface area contributed by atoms with Crippen molar-refractivity contribution >= 4 is 15.7 Å². The number of hydrogen-bond acceptors (Lipinski definition) is 6. The summed E-state index contributed by atoms with van der Waals surface area (Å²) < 4.78 is 36.0. The molecule has 0 aliphatic heterocycles. The Morgan fingerprint density at radius 1 is 1.23 bits per heavy atom. The van der Waals surface area contributed by atoms with Gasteiger partial charge in [-0.05, 0) is 49.4 Å². The molecule has 1 aliphatic rings. The van der Waals surface area contributed by atoms with Gasteiger partial charge in [-0.25, -0.2) is 13.4 Å². The normalized spacial score (nSPS) is 21.9. The molecule has 1 aliphatic carbocycles. The van der Waals surface area contributed by atoms with Crippen molar-refractivity contribution in [3.8, 4) is 17.2 Å². The van der Waals surface area contributed by atoms with Crippen molar-refractivity contribution in [2.45, 2.75) is 51.8 Å². The molecular formula is C22H30N2O5S. The fraction of sp³-hybridized carbons (Fsp3) is 0.545. The number of sulfone groups is 1. The number of rotatable bonds is 7. The van der Waals surface area contributed by atoms with Gasteiger partial charge in [0, 0.05) is 11.6 Å². The summed E-state index contributed by atoms with van der Waals surface area (Å²) in [7, 11) is -2.09. The van der Waals surface area contributed by atoms with Crippen LogP contribution in [0.3, 0.4) is 0 Å². The summed E-state index contributed by atoms with van der Waals surface area (Å²) in [6, 6.07) is 7.18. The van der Waals surface area contributed by atoms with E-state index in [1.165, 1.54) is 0 Å². The molecule has 3 rings (SSSR count). The molecular weight excluding hydrogens is 404 g/mol. The molecule has 0 bridgehead atoms. The van der Waals surface area contributed by atoms with E-state index >= 15 is 0 Å². The van der Waals surface area contributed by atoms with Crippen LogP contribution in [0.4, 0.5) is 0 Å². The third-order valence-electron chi connectivity index (χ3n) is 5.99. The number of ether oxygens (including phenoxy) is 1. The molecule has 8 heteroatoms. The zero-order chi connectivity index (χ0) is 21.9. The molecule has 1 aromatic carbocycles. The molecule has 1 amide bonds. The predicted octanol–water partition coefficient (Wildman–Crippen LogP) is 3.51. The van der Waals surface area contributed by atoms with Crippen LogP contribution in [0.1, 0.15) is 44.6 Å². The Hall–Kier alpha value is -2.35.